The second-order valence-electron chi connectivity index (χ2n) is 6.65. The molecule has 0 radical (unpaired) electrons. The Morgan fingerprint density at radius 3 is 2.50 bits per heavy atom. The molecule has 3 nitrogen and oxygen atoms in total. The molecule has 1 heterocycles. The number of rotatable bonds is 1. The van der Waals surface area contributed by atoms with Gasteiger partial charge in [-0.3, -0.25) is 0 Å². The SMILES string of the molecule is CC(C)[C@@]12CC1CN(C(=O)OC(C)(C)C)C2. The van der Waals surface area contributed by atoms with Crippen molar-refractivity contribution in [3.05, 3.63) is 0 Å². The van der Waals surface area contributed by atoms with Gasteiger partial charge in [0.05, 0.1) is 0 Å². The predicted octanol–water partition coefficient (Wildman–Crippen LogP) is 2.90. The van der Waals surface area contributed by atoms with Gasteiger partial charge in [0.15, 0.2) is 0 Å². The summed E-state index contributed by atoms with van der Waals surface area (Å²) in [5.41, 5.74) is 0.0335. The van der Waals surface area contributed by atoms with E-state index in [1.165, 1.54) is 6.42 Å². The van der Waals surface area contributed by atoms with E-state index >= 15 is 0 Å². The van der Waals surface area contributed by atoms with E-state index in [9.17, 15) is 4.79 Å². The van der Waals surface area contributed by atoms with Gasteiger partial charge in [-0.15, -0.1) is 0 Å². The molecular weight excluding hydrogens is 202 g/mol. The van der Waals surface area contributed by atoms with Crippen LogP contribution in [0.5, 0.6) is 0 Å². The summed E-state index contributed by atoms with van der Waals surface area (Å²) in [5, 5.41) is 0. The molecule has 0 bridgehead atoms. The van der Waals surface area contributed by atoms with Crippen LogP contribution >= 0.6 is 0 Å². The van der Waals surface area contributed by atoms with Crippen molar-refractivity contribution in [2.75, 3.05) is 13.1 Å². The van der Waals surface area contributed by atoms with E-state index in [1.807, 2.05) is 25.7 Å². The van der Waals surface area contributed by atoms with Crippen molar-refractivity contribution in [1.82, 2.24) is 4.90 Å². The monoisotopic (exact) mass is 225 g/mol. The van der Waals surface area contributed by atoms with E-state index in [2.05, 4.69) is 13.8 Å². The van der Waals surface area contributed by atoms with Crippen molar-refractivity contribution in [3.8, 4) is 0 Å². The first-order valence-corrected chi connectivity index (χ1v) is 6.22. The minimum atomic E-state index is -0.380. The van der Waals surface area contributed by atoms with Gasteiger partial charge in [-0.25, -0.2) is 4.79 Å². The van der Waals surface area contributed by atoms with Crippen molar-refractivity contribution in [1.29, 1.82) is 0 Å². The number of fused-ring (bicyclic) bond motifs is 1. The molecule has 0 N–H and O–H groups in total. The smallest absolute Gasteiger partial charge is 0.410 e. The van der Waals surface area contributed by atoms with Crippen LogP contribution in [0.4, 0.5) is 4.79 Å². The van der Waals surface area contributed by atoms with Crippen molar-refractivity contribution in [3.63, 3.8) is 0 Å². The lowest BCUT2D eigenvalue weighted by atomic mass is 9.92. The summed E-state index contributed by atoms with van der Waals surface area (Å²) >= 11 is 0. The molecule has 0 aromatic rings. The van der Waals surface area contributed by atoms with Crippen LogP contribution < -0.4 is 0 Å². The molecule has 1 saturated heterocycles. The lowest BCUT2D eigenvalue weighted by Gasteiger charge is -2.27. The molecule has 16 heavy (non-hydrogen) atoms. The van der Waals surface area contributed by atoms with Crippen LogP contribution in [0.15, 0.2) is 0 Å². The van der Waals surface area contributed by atoms with Gasteiger partial charge in [0.2, 0.25) is 0 Å². The average Bonchev–Trinajstić information content (AvgIpc) is 2.67. The summed E-state index contributed by atoms with van der Waals surface area (Å²) in [7, 11) is 0. The molecule has 0 spiro atoms. The molecule has 3 heteroatoms. The second kappa shape index (κ2) is 3.38. The third-order valence-electron chi connectivity index (χ3n) is 4.01. The van der Waals surface area contributed by atoms with Crippen LogP contribution in [0.1, 0.15) is 41.0 Å². The maximum absolute atomic E-state index is 11.9. The van der Waals surface area contributed by atoms with Crippen molar-refractivity contribution in [2.24, 2.45) is 17.3 Å². The van der Waals surface area contributed by atoms with Gasteiger partial charge >= 0.3 is 6.09 Å². The summed E-state index contributed by atoms with van der Waals surface area (Å²) in [6, 6.07) is 0. The van der Waals surface area contributed by atoms with Gasteiger partial charge in [-0.05, 0) is 44.4 Å². The highest BCUT2D eigenvalue weighted by Gasteiger charge is 2.62. The van der Waals surface area contributed by atoms with Crippen LogP contribution in [0, 0.1) is 17.3 Å². The molecule has 1 aliphatic carbocycles. The van der Waals surface area contributed by atoms with Crippen molar-refractivity contribution in [2.45, 2.75) is 46.6 Å². The van der Waals surface area contributed by atoms with Crippen molar-refractivity contribution >= 4 is 6.09 Å². The van der Waals surface area contributed by atoms with Crippen LogP contribution in [0.3, 0.4) is 0 Å². The molecule has 2 rings (SSSR count). The fourth-order valence-electron chi connectivity index (χ4n) is 2.88. The predicted molar refractivity (Wildman–Crippen MR) is 63.2 cm³/mol. The standard InChI is InChI=1S/C13H23NO2/c1-9(2)13-6-10(13)7-14(8-13)11(15)16-12(3,4)5/h9-10H,6-8H2,1-5H3/t10?,13-/m0/s1. The zero-order chi connectivity index (χ0) is 12.1. The Bertz CT molecular complexity index is 306. The van der Waals surface area contributed by atoms with Gasteiger partial charge in [-0.1, -0.05) is 13.8 Å². The zero-order valence-electron chi connectivity index (χ0n) is 11.0. The third-order valence-corrected chi connectivity index (χ3v) is 4.01. The molecular formula is C13H23NO2. The first-order chi connectivity index (χ1) is 7.24. The summed E-state index contributed by atoms with van der Waals surface area (Å²) in [5.74, 6) is 1.39. The van der Waals surface area contributed by atoms with Gasteiger partial charge in [0, 0.05) is 13.1 Å². The van der Waals surface area contributed by atoms with E-state index < -0.39 is 0 Å². The molecule has 1 aliphatic heterocycles. The molecule has 0 aromatic carbocycles. The lowest BCUT2D eigenvalue weighted by molar-refractivity contribution is 0.0254. The summed E-state index contributed by atoms with van der Waals surface area (Å²) in [4.78, 5) is 13.8. The zero-order valence-corrected chi connectivity index (χ0v) is 11.0. The van der Waals surface area contributed by atoms with Crippen LogP contribution in [-0.2, 0) is 4.74 Å². The minimum Gasteiger partial charge on any atom is -0.444 e. The van der Waals surface area contributed by atoms with Gasteiger partial charge < -0.3 is 9.64 Å². The number of likely N-dealkylation sites (tertiary alicyclic amines) is 1. The fourth-order valence-corrected chi connectivity index (χ4v) is 2.88. The third kappa shape index (κ3) is 1.92. The van der Waals surface area contributed by atoms with Crippen LogP contribution in [0.25, 0.3) is 0 Å². The molecule has 92 valence electrons. The van der Waals surface area contributed by atoms with Crippen LogP contribution in [-0.4, -0.2) is 29.7 Å². The van der Waals surface area contributed by atoms with E-state index in [1.54, 1.807) is 0 Å². The average molecular weight is 225 g/mol. The first kappa shape index (κ1) is 11.7. The Morgan fingerprint density at radius 2 is 2.06 bits per heavy atom. The van der Waals surface area contributed by atoms with E-state index in [0.29, 0.717) is 11.3 Å². The maximum Gasteiger partial charge on any atom is 0.410 e. The Hall–Kier alpha value is -0.730. The molecule has 0 aromatic heterocycles. The number of carbonyl (C=O) groups is 1. The summed E-state index contributed by atoms with van der Waals surface area (Å²) in [6.07, 6.45) is 1.16. The Morgan fingerprint density at radius 1 is 1.44 bits per heavy atom. The quantitative estimate of drug-likeness (QED) is 0.686. The van der Waals surface area contributed by atoms with Crippen molar-refractivity contribution < 1.29 is 9.53 Å². The molecule has 1 amide bonds. The topological polar surface area (TPSA) is 29.5 Å². The second-order valence-corrected chi connectivity index (χ2v) is 6.65. The number of ether oxygens (including phenoxy) is 1. The lowest BCUT2D eigenvalue weighted by Crippen LogP contribution is -2.37. The number of hydrogen-bond acceptors (Lipinski definition) is 2. The molecule has 1 saturated carbocycles. The van der Waals surface area contributed by atoms with E-state index in [4.69, 9.17) is 4.74 Å². The normalized spacial score (nSPS) is 32.9. The maximum atomic E-state index is 11.9. The first-order valence-electron chi connectivity index (χ1n) is 6.22. The highest BCUT2D eigenvalue weighted by Crippen LogP contribution is 2.62. The highest BCUT2D eigenvalue weighted by atomic mass is 16.6. The summed E-state index contributed by atoms with van der Waals surface area (Å²) < 4.78 is 5.40. The molecule has 2 fully saturated rings. The Kier molecular flexibility index (Phi) is 2.48. The largest absolute Gasteiger partial charge is 0.444 e. The van der Waals surface area contributed by atoms with Gasteiger partial charge in [0.25, 0.3) is 0 Å². The Balaban J connectivity index is 1.93. The molecule has 1 unspecified atom stereocenters. The van der Waals surface area contributed by atoms with E-state index in [0.717, 1.165) is 19.0 Å². The van der Waals surface area contributed by atoms with Gasteiger partial charge in [0.1, 0.15) is 5.60 Å². The number of amides is 1. The summed E-state index contributed by atoms with van der Waals surface area (Å²) in [6.45, 7) is 12.1. The van der Waals surface area contributed by atoms with Crippen LogP contribution in [0.2, 0.25) is 0 Å². The number of hydrogen-bond donors (Lipinski definition) is 0. The molecule has 2 aliphatic rings. The minimum absolute atomic E-state index is 0.139. The highest BCUT2D eigenvalue weighted by molar-refractivity contribution is 5.69. The number of nitrogens with zero attached hydrogens (tertiary/aromatic N) is 1. The van der Waals surface area contributed by atoms with E-state index in [-0.39, 0.29) is 11.7 Å². The number of carbonyl (C=O) groups excluding carboxylic acids is 1. The Labute approximate surface area is 98.1 Å². The fraction of sp³-hybridized carbons (Fsp3) is 0.923. The van der Waals surface area contributed by atoms with Gasteiger partial charge in [-0.2, -0.15) is 0 Å². The number of piperidine rings is 1. The molecule has 2 atom stereocenters.